The van der Waals surface area contributed by atoms with Gasteiger partial charge in [-0.3, -0.25) is 0 Å². The van der Waals surface area contributed by atoms with E-state index in [1.807, 2.05) is 0 Å². The molecule has 3 aromatic rings. The van der Waals surface area contributed by atoms with Crippen LogP contribution in [0, 0.1) is 11.7 Å². The summed E-state index contributed by atoms with van der Waals surface area (Å²) >= 11 is 3.16. The molecular weight excluding hydrogens is 579 g/mol. The van der Waals surface area contributed by atoms with Crippen molar-refractivity contribution in [1.82, 2.24) is 14.9 Å². The highest BCUT2D eigenvalue weighted by Crippen LogP contribution is 2.40. The van der Waals surface area contributed by atoms with Crippen molar-refractivity contribution in [3.63, 3.8) is 0 Å². The van der Waals surface area contributed by atoms with E-state index in [1.54, 1.807) is 6.07 Å². The van der Waals surface area contributed by atoms with Crippen LogP contribution >= 0.6 is 15.9 Å². The zero-order chi connectivity index (χ0) is 27.9. The number of rotatable bonds is 8. The lowest BCUT2D eigenvalue weighted by atomic mass is 9.94. The summed E-state index contributed by atoms with van der Waals surface area (Å²) < 4.78 is 24.9. The second-order valence-corrected chi connectivity index (χ2v) is 9.50. The van der Waals surface area contributed by atoms with Crippen molar-refractivity contribution in [2.75, 3.05) is 18.4 Å². The third kappa shape index (κ3) is 6.62. The number of fused-ring (bicyclic) bond motifs is 1. The Balaban J connectivity index is 1.67. The van der Waals surface area contributed by atoms with Crippen molar-refractivity contribution in [3.8, 4) is 11.5 Å². The molecule has 1 saturated heterocycles. The van der Waals surface area contributed by atoms with Gasteiger partial charge in [-0.1, -0.05) is 15.9 Å². The van der Waals surface area contributed by atoms with E-state index in [9.17, 15) is 45.2 Å². The number of nitrogens with zero attached hydrogens (tertiary/aromatic N) is 3. The van der Waals surface area contributed by atoms with Crippen LogP contribution in [0.1, 0.15) is 12.8 Å². The summed E-state index contributed by atoms with van der Waals surface area (Å²) in [5, 5.41) is 80.4. The van der Waals surface area contributed by atoms with Crippen LogP contribution in [0.15, 0.2) is 41.1 Å². The van der Waals surface area contributed by atoms with Crippen LogP contribution < -0.4 is 14.8 Å². The smallest absolute Gasteiger partial charge is 0.435 e. The standard InChI is InChI=1S/C22H24BrFN4O10/c23-12-1-2-15(14(24)7-12)27-19-13-8-17(38-22(34,35)36)18(9-16(13)25-10-26-19)37-20(29,30)11-3-5-28(6-4-11)21(31,32)33/h1-2,7-11,29-36H,3-6H2,(H,25,26,27). The molecule has 14 nitrogen and oxygen atoms in total. The van der Waals surface area contributed by atoms with Crippen LogP contribution in [0.25, 0.3) is 10.9 Å². The second kappa shape index (κ2) is 10.4. The minimum absolute atomic E-state index is 0.0468. The Morgan fingerprint density at radius 1 is 0.921 bits per heavy atom. The fraction of sp³-hybridized carbons (Fsp3) is 0.364. The highest BCUT2D eigenvalue weighted by atomic mass is 79.9. The number of benzene rings is 2. The fourth-order valence-electron chi connectivity index (χ4n) is 3.99. The molecule has 38 heavy (non-hydrogen) atoms. The van der Waals surface area contributed by atoms with Gasteiger partial charge in [-0.05, 0) is 37.1 Å². The lowest BCUT2D eigenvalue weighted by Crippen LogP contribution is -2.55. The van der Waals surface area contributed by atoms with Gasteiger partial charge in [-0.25, -0.2) is 19.3 Å². The average Bonchev–Trinajstić information content (AvgIpc) is 2.80. The van der Waals surface area contributed by atoms with Crippen molar-refractivity contribution >= 4 is 38.3 Å². The third-order valence-electron chi connectivity index (χ3n) is 5.84. The van der Waals surface area contributed by atoms with Crippen LogP contribution in [-0.4, -0.2) is 87.0 Å². The first kappa shape index (κ1) is 28.2. The van der Waals surface area contributed by atoms with Crippen LogP contribution in [0.5, 0.6) is 11.5 Å². The molecule has 0 amide bonds. The largest absolute Gasteiger partial charge is 0.453 e. The van der Waals surface area contributed by atoms with Crippen LogP contribution in [-0.2, 0) is 0 Å². The summed E-state index contributed by atoms with van der Waals surface area (Å²) in [6.45, 7) is -0.271. The number of hydrogen-bond donors (Lipinski definition) is 9. The van der Waals surface area contributed by atoms with E-state index in [0.717, 1.165) is 23.4 Å². The predicted molar refractivity (Wildman–Crippen MR) is 128 cm³/mol. The molecule has 2 heterocycles. The molecule has 0 unspecified atom stereocenters. The van der Waals surface area contributed by atoms with E-state index in [1.165, 1.54) is 12.1 Å². The number of hydrogen-bond acceptors (Lipinski definition) is 14. The molecule has 9 N–H and O–H groups in total. The monoisotopic (exact) mass is 602 g/mol. The molecule has 1 aliphatic rings. The number of aromatic nitrogens is 2. The van der Waals surface area contributed by atoms with Gasteiger partial charge in [0.05, 0.1) is 17.1 Å². The third-order valence-corrected chi connectivity index (χ3v) is 6.34. The Labute approximate surface area is 221 Å². The van der Waals surface area contributed by atoms with E-state index >= 15 is 0 Å². The normalized spacial score (nSPS) is 16.1. The fourth-order valence-corrected chi connectivity index (χ4v) is 4.32. The molecule has 1 aliphatic heterocycles. The quantitative estimate of drug-likeness (QED) is 0.149. The van der Waals surface area contributed by atoms with Gasteiger partial charge >= 0.3 is 18.2 Å². The van der Waals surface area contributed by atoms with E-state index in [4.69, 9.17) is 9.47 Å². The molecule has 16 heteroatoms. The summed E-state index contributed by atoms with van der Waals surface area (Å²) in [5.74, 6) is -5.51. The van der Waals surface area contributed by atoms with Gasteiger partial charge in [0.25, 0.3) is 0 Å². The molecule has 0 saturated carbocycles. The molecule has 2 aromatic carbocycles. The number of piperidine rings is 1. The van der Waals surface area contributed by atoms with Gasteiger partial charge in [0.15, 0.2) is 11.5 Å². The summed E-state index contributed by atoms with van der Waals surface area (Å²) in [5.41, 5.74) is 0.170. The average molecular weight is 603 g/mol. The molecule has 1 aromatic heterocycles. The van der Waals surface area contributed by atoms with Crippen LogP contribution in [0.3, 0.4) is 0 Å². The number of aliphatic hydroxyl groups is 8. The van der Waals surface area contributed by atoms with Gasteiger partial charge in [-0.2, -0.15) is 0 Å². The van der Waals surface area contributed by atoms with E-state index < -0.39 is 41.5 Å². The number of halogens is 2. The Hall–Kier alpha value is -2.77. The number of likely N-dealkylation sites (tertiary alicyclic amines) is 1. The molecule has 0 spiro atoms. The van der Waals surface area contributed by atoms with Crippen molar-refractivity contribution in [2.45, 2.75) is 31.1 Å². The van der Waals surface area contributed by atoms with Crippen molar-refractivity contribution < 1.29 is 54.7 Å². The maximum Gasteiger partial charge on any atom is 0.453 e. The SMILES string of the molecule is OC(O)(O)Oc1cc2c(Nc3ccc(Br)cc3F)ncnc2cc1OC(O)(O)C1CCN(C(O)(O)O)CC1. The molecule has 206 valence electrons. The molecule has 1 fully saturated rings. The van der Waals surface area contributed by atoms with Gasteiger partial charge in [0, 0.05) is 29.0 Å². The molecule has 4 rings (SSSR count). The zero-order valence-corrected chi connectivity index (χ0v) is 20.9. The number of ether oxygens (including phenoxy) is 2. The predicted octanol–water partition coefficient (Wildman–Crippen LogP) is -0.441. The van der Waals surface area contributed by atoms with E-state index in [0.29, 0.717) is 4.47 Å². The van der Waals surface area contributed by atoms with Gasteiger partial charge in [0.2, 0.25) is 0 Å². The Morgan fingerprint density at radius 3 is 2.18 bits per heavy atom. The molecule has 0 bridgehead atoms. The lowest BCUT2D eigenvalue weighted by molar-refractivity contribution is -0.420. The van der Waals surface area contributed by atoms with Gasteiger partial charge < -0.3 is 55.6 Å². The van der Waals surface area contributed by atoms with Crippen molar-refractivity contribution in [2.24, 2.45) is 5.92 Å². The van der Waals surface area contributed by atoms with E-state index in [-0.39, 0.29) is 48.3 Å². The Bertz CT molecular complexity index is 1310. The maximum absolute atomic E-state index is 14.4. The summed E-state index contributed by atoms with van der Waals surface area (Å²) in [7, 11) is 0. The first-order chi connectivity index (χ1) is 17.6. The minimum atomic E-state index is -3.70. The topological polar surface area (TPSA) is 221 Å². The molecule has 0 aliphatic carbocycles. The summed E-state index contributed by atoms with van der Waals surface area (Å²) in [4.78, 5) is 9.02. The maximum atomic E-state index is 14.4. The summed E-state index contributed by atoms with van der Waals surface area (Å²) in [6, 6.07) is 6.47. The molecule has 0 atom stereocenters. The van der Waals surface area contributed by atoms with Gasteiger partial charge in [0.1, 0.15) is 18.0 Å². The minimum Gasteiger partial charge on any atom is -0.435 e. The summed E-state index contributed by atoms with van der Waals surface area (Å²) in [6.07, 6.45) is -5.75. The second-order valence-electron chi connectivity index (χ2n) is 8.59. The molecule has 0 radical (unpaired) electrons. The zero-order valence-electron chi connectivity index (χ0n) is 19.4. The van der Waals surface area contributed by atoms with Crippen LogP contribution in [0.2, 0.25) is 0 Å². The van der Waals surface area contributed by atoms with Gasteiger partial charge in [-0.15, -0.1) is 0 Å². The number of nitrogens with one attached hydrogen (secondary N) is 1. The van der Waals surface area contributed by atoms with Crippen molar-refractivity contribution in [1.29, 1.82) is 0 Å². The Morgan fingerprint density at radius 2 is 1.58 bits per heavy atom. The first-order valence-electron chi connectivity index (χ1n) is 11.1. The highest BCUT2D eigenvalue weighted by molar-refractivity contribution is 9.10. The molecular formula is C22H24BrFN4O10. The van der Waals surface area contributed by atoms with E-state index in [2.05, 4.69) is 31.2 Å². The Kier molecular flexibility index (Phi) is 7.74. The lowest BCUT2D eigenvalue weighted by Gasteiger charge is -2.40. The first-order valence-corrected chi connectivity index (χ1v) is 11.8. The number of anilines is 2. The highest BCUT2D eigenvalue weighted by Gasteiger charge is 2.43. The van der Waals surface area contributed by atoms with Crippen molar-refractivity contribution in [3.05, 3.63) is 46.9 Å². The van der Waals surface area contributed by atoms with Crippen LogP contribution in [0.4, 0.5) is 15.9 Å².